The van der Waals surface area contributed by atoms with Crippen LogP contribution in [0.3, 0.4) is 0 Å². The van der Waals surface area contributed by atoms with Gasteiger partial charge >= 0.3 is 0 Å². The second-order valence-corrected chi connectivity index (χ2v) is 9.86. The van der Waals surface area contributed by atoms with E-state index in [0.717, 1.165) is 17.3 Å². The summed E-state index contributed by atoms with van der Waals surface area (Å²) in [5, 5.41) is 2.78. The van der Waals surface area contributed by atoms with Crippen LogP contribution >= 0.6 is 39.3 Å². The molecule has 7 nitrogen and oxygen atoms in total. The highest BCUT2D eigenvalue weighted by atomic mass is 79.9. The van der Waals surface area contributed by atoms with Crippen molar-refractivity contribution >= 4 is 68.1 Å². The first kappa shape index (κ1) is 25.8. The van der Waals surface area contributed by atoms with Gasteiger partial charge in [-0.15, -0.1) is 0 Å². The molecule has 0 radical (unpaired) electrons. The van der Waals surface area contributed by atoms with Crippen molar-refractivity contribution in [2.75, 3.05) is 19.0 Å². The van der Waals surface area contributed by atoms with Gasteiger partial charge in [0.15, 0.2) is 18.1 Å². The molecule has 1 fully saturated rings. The number of para-hydroxylation sites is 1. The van der Waals surface area contributed by atoms with Crippen molar-refractivity contribution in [1.82, 2.24) is 4.90 Å². The van der Waals surface area contributed by atoms with Crippen LogP contribution in [0.5, 0.6) is 11.5 Å². The molecule has 1 N–H and O–H groups in total. The number of methoxy groups -OCH3 is 1. The van der Waals surface area contributed by atoms with Gasteiger partial charge in [-0.1, -0.05) is 54.1 Å². The Morgan fingerprint density at radius 1 is 1.11 bits per heavy atom. The first-order valence-electron chi connectivity index (χ1n) is 10.7. The van der Waals surface area contributed by atoms with Crippen LogP contribution in [0.1, 0.15) is 11.1 Å². The lowest BCUT2D eigenvalue weighted by atomic mass is 10.1. The Morgan fingerprint density at radius 3 is 2.56 bits per heavy atom. The van der Waals surface area contributed by atoms with Gasteiger partial charge in [-0.05, 0) is 69.2 Å². The molecule has 4 rings (SSSR count). The minimum absolute atomic E-state index is 0.207. The number of amides is 3. The highest BCUT2D eigenvalue weighted by molar-refractivity contribution is 9.10. The van der Waals surface area contributed by atoms with Gasteiger partial charge in [0.25, 0.3) is 17.1 Å². The Morgan fingerprint density at radius 2 is 1.83 bits per heavy atom. The van der Waals surface area contributed by atoms with Gasteiger partial charge in [0.2, 0.25) is 0 Å². The van der Waals surface area contributed by atoms with Crippen molar-refractivity contribution in [3.63, 3.8) is 0 Å². The molecule has 3 aromatic rings. The Bertz CT molecular complexity index is 1350. The fourth-order valence-corrected chi connectivity index (χ4v) is 5.00. The normalized spacial score (nSPS) is 14.3. The SMILES string of the molecule is COc1cc(/C=C2\SC(=O)N(Cc3ccccc3)C2=O)cc(Br)c1OCC(=O)Nc1ccccc1Cl. The standard InChI is InChI=1S/C26H20BrClN2O5S/c1-34-21-12-17(13-22-25(32)30(26(33)36-22)14-16-7-3-2-4-8-16)11-18(27)24(21)35-15-23(31)29-20-10-6-5-9-19(20)28/h2-13H,14-15H2,1H3,(H,29,31)/b22-13-. The highest BCUT2D eigenvalue weighted by Crippen LogP contribution is 2.39. The fourth-order valence-electron chi connectivity index (χ4n) is 3.40. The third-order valence-electron chi connectivity index (χ3n) is 5.10. The molecule has 10 heteroatoms. The molecule has 36 heavy (non-hydrogen) atoms. The van der Waals surface area contributed by atoms with Crippen LogP contribution in [0.4, 0.5) is 10.5 Å². The molecule has 0 saturated carbocycles. The van der Waals surface area contributed by atoms with Crippen molar-refractivity contribution in [3.05, 3.63) is 92.3 Å². The van der Waals surface area contributed by atoms with Gasteiger partial charge in [0, 0.05) is 0 Å². The topological polar surface area (TPSA) is 84.9 Å². The van der Waals surface area contributed by atoms with Crippen molar-refractivity contribution in [1.29, 1.82) is 0 Å². The molecule has 1 saturated heterocycles. The number of halogens is 2. The molecule has 184 valence electrons. The maximum Gasteiger partial charge on any atom is 0.293 e. The predicted octanol–water partition coefficient (Wildman–Crippen LogP) is 6.37. The molecule has 0 aliphatic carbocycles. The Kier molecular flexibility index (Phi) is 8.35. The summed E-state index contributed by atoms with van der Waals surface area (Å²) in [4.78, 5) is 39.2. The Balaban J connectivity index is 1.47. The summed E-state index contributed by atoms with van der Waals surface area (Å²) in [5.74, 6) is -0.0837. The van der Waals surface area contributed by atoms with Gasteiger partial charge in [-0.3, -0.25) is 19.3 Å². The zero-order chi connectivity index (χ0) is 25.7. The first-order valence-corrected chi connectivity index (χ1v) is 12.7. The summed E-state index contributed by atoms with van der Waals surface area (Å²) >= 11 is 10.4. The summed E-state index contributed by atoms with van der Waals surface area (Å²) in [6.45, 7) is -0.0726. The molecule has 3 amide bonds. The summed E-state index contributed by atoms with van der Waals surface area (Å²) < 4.78 is 11.7. The number of nitrogens with zero attached hydrogens (tertiary/aromatic N) is 1. The average molecular weight is 588 g/mol. The molecular formula is C26H20BrClN2O5S. The maximum atomic E-state index is 12.9. The summed E-state index contributed by atoms with van der Waals surface area (Å²) in [6.07, 6.45) is 1.62. The summed E-state index contributed by atoms with van der Waals surface area (Å²) in [7, 11) is 1.47. The van der Waals surface area contributed by atoms with Crippen molar-refractivity contribution in [2.45, 2.75) is 6.54 Å². The van der Waals surface area contributed by atoms with E-state index in [1.54, 1.807) is 42.5 Å². The van der Waals surface area contributed by atoms with E-state index in [9.17, 15) is 14.4 Å². The molecule has 1 aliphatic heterocycles. The number of hydrogen-bond donors (Lipinski definition) is 1. The van der Waals surface area contributed by atoms with E-state index in [-0.39, 0.29) is 24.3 Å². The number of thioether (sulfide) groups is 1. The average Bonchev–Trinajstić information content (AvgIpc) is 3.12. The van der Waals surface area contributed by atoms with E-state index >= 15 is 0 Å². The number of ether oxygens (including phenoxy) is 2. The largest absolute Gasteiger partial charge is 0.493 e. The van der Waals surface area contributed by atoms with Crippen LogP contribution in [0.2, 0.25) is 5.02 Å². The van der Waals surface area contributed by atoms with Crippen molar-refractivity contribution in [3.8, 4) is 11.5 Å². The van der Waals surface area contributed by atoms with Crippen LogP contribution < -0.4 is 14.8 Å². The zero-order valence-corrected chi connectivity index (χ0v) is 22.2. The molecule has 0 aromatic heterocycles. The summed E-state index contributed by atoms with van der Waals surface area (Å²) in [5.41, 5.74) is 1.97. The lowest BCUT2D eigenvalue weighted by Gasteiger charge is -2.14. The molecule has 0 atom stereocenters. The molecule has 1 aliphatic rings. The monoisotopic (exact) mass is 586 g/mol. The Hall–Kier alpha value is -3.27. The van der Waals surface area contributed by atoms with E-state index in [2.05, 4.69) is 21.2 Å². The highest BCUT2D eigenvalue weighted by Gasteiger charge is 2.35. The molecular weight excluding hydrogens is 568 g/mol. The number of benzene rings is 3. The minimum Gasteiger partial charge on any atom is -0.493 e. The van der Waals surface area contributed by atoms with Crippen LogP contribution in [-0.2, 0) is 16.1 Å². The first-order chi connectivity index (χ1) is 17.4. The van der Waals surface area contributed by atoms with E-state index in [1.165, 1.54) is 12.0 Å². The van der Waals surface area contributed by atoms with Crippen LogP contribution in [0, 0.1) is 0 Å². The van der Waals surface area contributed by atoms with Gasteiger partial charge in [0.1, 0.15) is 0 Å². The molecule has 1 heterocycles. The van der Waals surface area contributed by atoms with Crippen molar-refractivity contribution in [2.24, 2.45) is 0 Å². The number of nitrogens with one attached hydrogen (secondary N) is 1. The molecule has 0 unspecified atom stereocenters. The van der Waals surface area contributed by atoms with Gasteiger partial charge in [-0.2, -0.15) is 0 Å². The fraction of sp³-hybridized carbons (Fsp3) is 0.115. The lowest BCUT2D eigenvalue weighted by Crippen LogP contribution is -2.27. The number of imide groups is 1. The van der Waals surface area contributed by atoms with Gasteiger partial charge in [-0.25, -0.2) is 0 Å². The second-order valence-electron chi connectivity index (χ2n) is 7.60. The predicted molar refractivity (Wildman–Crippen MR) is 144 cm³/mol. The van der Waals surface area contributed by atoms with Crippen LogP contribution in [0.25, 0.3) is 6.08 Å². The van der Waals surface area contributed by atoms with E-state index in [0.29, 0.717) is 37.2 Å². The summed E-state index contributed by atoms with van der Waals surface area (Å²) in [6, 6.07) is 19.6. The third kappa shape index (κ3) is 6.10. The van der Waals surface area contributed by atoms with Crippen molar-refractivity contribution < 1.29 is 23.9 Å². The van der Waals surface area contributed by atoms with E-state index < -0.39 is 5.91 Å². The minimum atomic E-state index is -0.395. The van der Waals surface area contributed by atoms with Gasteiger partial charge < -0.3 is 14.8 Å². The quantitative estimate of drug-likeness (QED) is 0.309. The van der Waals surface area contributed by atoms with Gasteiger partial charge in [0.05, 0.1) is 33.7 Å². The number of carbonyl (C=O) groups excluding carboxylic acids is 3. The number of hydrogen-bond acceptors (Lipinski definition) is 6. The smallest absolute Gasteiger partial charge is 0.293 e. The van der Waals surface area contributed by atoms with E-state index in [1.807, 2.05) is 30.3 Å². The number of rotatable bonds is 8. The number of carbonyl (C=O) groups is 3. The number of anilines is 1. The van der Waals surface area contributed by atoms with E-state index in [4.69, 9.17) is 21.1 Å². The maximum absolute atomic E-state index is 12.9. The second kappa shape index (κ2) is 11.6. The van der Waals surface area contributed by atoms with Crippen LogP contribution in [-0.4, -0.2) is 35.7 Å². The molecule has 3 aromatic carbocycles. The lowest BCUT2D eigenvalue weighted by molar-refractivity contribution is -0.123. The Labute approximate surface area is 225 Å². The molecule has 0 bridgehead atoms. The van der Waals surface area contributed by atoms with Crippen LogP contribution in [0.15, 0.2) is 76.1 Å². The zero-order valence-electron chi connectivity index (χ0n) is 19.0. The third-order valence-corrected chi connectivity index (χ3v) is 6.93. The molecule has 0 spiro atoms.